The van der Waals surface area contributed by atoms with Crippen LogP contribution in [0.5, 0.6) is 0 Å². The topological polar surface area (TPSA) is 26.3 Å². The minimum atomic E-state index is 0.126. The van der Waals surface area contributed by atoms with Gasteiger partial charge in [-0.25, -0.2) is 0 Å². The molecule has 1 saturated heterocycles. The summed E-state index contributed by atoms with van der Waals surface area (Å²) in [6.45, 7) is 4.84. The lowest BCUT2D eigenvalue weighted by Gasteiger charge is -2.25. The third-order valence-corrected chi connectivity index (χ3v) is 3.44. The molecule has 1 aliphatic heterocycles. The Bertz CT molecular complexity index is 201. The highest BCUT2D eigenvalue weighted by atomic mass is 16.5. The summed E-state index contributed by atoms with van der Waals surface area (Å²) in [5, 5.41) is 0. The molecule has 0 spiro atoms. The van der Waals surface area contributed by atoms with Crippen LogP contribution >= 0.6 is 0 Å². The van der Waals surface area contributed by atoms with Gasteiger partial charge in [-0.1, -0.05) is 52.4 Å². The minimum Gasteiger partial charge on any atom is -0.377 e. The van der Waals surface area contributed by atoms with E-state index < -0.39 is 0 Å². The fourth-order valence-corrected chi connectivity index (χ4v) is 2.20. The van der Waals surface area contributed by atoms with E-state index in [0.717, 1.165) is 6.42 Å². The zero-order chi connectivity index (χ0) is 11.8. The van der Waals surface area contributed by atoms with Crippen LogP contribution in [-0.4, -0.2) is 18.5 Å². The summed E-state index contributed by atoms with van der Waals surface area (Å²) in [7, 11) is 0. The van der Waals surface area contributed by atoms with E-state index in [-0.39, 0.29) is 12.0 Å². The molecule has 1 aliphatic rings. The summed E-state index contributed by atoms with van der Waals surface area (Å²) < 4.78 is 5.67. The summed E-state index contributed by atoms with van der Waals surface area (Å²) >= 11 is 0. The van der Waals surface area contributed by atoms with Gasteiger partial charge in [-0.15, -0.1) is 0 Å². The first-order valence-electron chi connectivity index (χ1n) is 6.88. The van der Waals surface area contributed by atoms with E-state index in [9.17, 15) is 4.79 Å². The fourth-order valence-electron chi connectivity index (χ4n) is 2.20. The van der Waals surface area contributed by atoms with Crippen molar-refractivity contribution in [2.75, 3.05) is 6.61 Å². The summed E-state index contributed by atoms with van der Waals surface area (Å²) in [5.41, 5.74) is 0. The summed E-state index contributed by atoms with van der Waals surface area (Å²) in [5.74, 6) is 0.517. The Morgan fingerprint density at radius 2 is 1.88 bits per heavy atom. The number of carbonyl (C=O) groups is 1. The average Bonchev–Trinajstić information content (AvgIpc) is 2.28. The molecule has 0 saturated carbocycles. The molecule has 0 radical (unpaired) electrons. The van der Waals surface area contributed by atoms with Crippen molar-refractivity contribution in [3.05, 3.63) is 0 Å². The Labute approximate surface area is 99.8 Å². The molecule has 0 unspecified atom stereocenters. The predicted molar refractivity (Wildman–Crippen MR) is 66.5 cm³/mol. The van der Waals surface area contributed by atoms with E-state index in [1.807, 2.05) is 6.92 Å². The van der Waals surface area contributed by atoms with Crippen LogP contribution in [-0.2, 0) is 9.53 Å². The Hall–Kier alpha value is -0.370. The third-order valence-electron chi connectivity index (χ3n) is 3.44. The monoisotopic (exact) mass is 226 g/mol. The quantitative estimate of drug-likeness (QED) is 0.618. The van der Waals surface area contributed by atoms with Gasteiger partial charge in [0, 0.05) is 12.3 Å². The van der Waals surface area contributed by atoms with Crippen molar-refractivity contribution in [2.24, 2.45) is 5.92 Å². The normalized spacial score (nSPS) is 26.0. The number of hydrogen-bond donors (Lipinski definition) is 0. The lowest BCUT2D eigenvalue weighted by molar-refractivity contribution is -0.134. The average molecular weight is 226 g/mol. The Morgan fingerprint density at radius 3 is 2.56 bits per heavy atom. The van der Waals surface area contributed by atoms with Gasteiger partial charge in [0.15, 0.2) is 0 Å². The molecule has 2 atom stereocenters. The van der Waals surface area contributed by atoms with Gasteiger partial charge in [-0.05, 0) is 6.42 Å². The van der Waals surface area contributed by atoms with Gasteiger partial charge in [0.25, 0.3) is 0 Å². The minimum absolute atomic E-state index is 0.126. The van der Waals surface area contributed by atoms with E-state index in [4.69, 9.17) is 4.74 Å². The summed E-state index contributed by atoms with van der Waals surface area (Å²) in [6.07, 6.45) is 9.81. The van der Waals surface area contributed by atoms with Crippen LogP contribution in [0.25, 0.3) is 0 Å². The van der Waals surface area contributed by atoms with Gasteiger partial charge in [-0.2, -0.15) is 0 Å². The Kier molecular flexibility index (Phi) is 6.70. The second-order valence-corrected chi connectivity index (χ2v) is 5.08. The summed E-state index contributed by atoms with van der Waals surface area (Å²) in [4.78, 5) is 11.5. The molecule has 1 rings (SSSR count). The number of ketones is 1. The van der Waals surface area contributed by atoms with Crippen molar-refractivity contribution < 1.29 is 9.53 Å². The molecular formula is C14H26O2. The first-order valence-corrected chi connectivity index (χ1v) is 6.88. The predicted octanol–water partition coefficient (Wildman–Crippen LogP) is 3.73. The molecule has 0 amide bonds. The molecule has 2 heteroatoms. The maximum absolute atomic E-state index is 11.5. The third kappa shape index (κ3) is 5.11. The first-order chi connectivity index (χ1) is 7.74. The Balaban J connectivity index is 1.99. The van der Waals surface area contributed by atoms with E-state index in [1.54, 1.807) is 0 Å². The van der Waals surface area contributed by atoms with Gasteiger partial charge in [0.1, 0.15) is 5.78 Å². The van der Waals surface area contributed by atoms with E-state index in [1.165, 1.54) is 38.5 Å². The highest BCUT2D eigenvalue weighted by Gasteiger charge is 2.25. The second-order valence-electron chi connectivity index (χ2n) is 5.08. The van der Waals surface area contributed by atoms with Gasteiger partial charge >= 0.3 is 0 Å². The zero-order valence-corrected chi connectivity index (χ0v) is 10.8. The van der Waals surface area contributed by atoms with Crippen LogP contribution in [0, 0.1) is 5.92 Å². The van der Waals surface area contributed by atoms with E-state index in [0.29, 0.717) is 18.8 Å². The number of hydrogen-bond acceptors (Lipinski definition) is 2. The van der Waals surface area contributed by atoms with Crippen LogP contribution in [0.1, 0.15) is 65.2 Å². The lowest BCUT2D eigenvalue weighted by Crippen LogP contribution is -2.32. The van der Waals surface area contributed by atoms with Gasteiger partial charge < -0.3 is 4.74 Å². The molecule has 0 bridgehead atoms. The standard InChI is InChI=1S/C14H26O2/c1-3-4-5-6-7-8-9-13-10-14(15)12(2)11-16-13/h12-13H,3-11H2,1-2H3/t12-,13-/m0/s1. The first kappa shape index (κ1) is 13.7. The molecule has 0 aliphatic carbocycles. The number of Topliss-reactive ketones (excluding diaryl/α,β-unsaturated/α-hetero) is 1. The molecular weight excluding hydrogens is 200 g/mol. The van der Waals surface area contributed by atoms with Crippen molar-refractivity contribution in [2.45, 2.75) is 71.3 Å². The number of ether oxygens (including phenoxy) is 1. The molecule has 1 heterocycles. The molecule has 2 nitrogen and oxygen atoms in total. The number of unbranched alkanes of at least 4 members (excludes halogenated alkanes) is 5. The molecule has 0 aromatic rings. The highest BCUT2D eigenvalue weighted by Crippen LogP contribution is 2.20. The van der Waals surface area contributed by atoms with Gasteiger partial charge in [-0.3, -0.25) is 4.79 Å². The molecule has 1 fully saturated rings. The van der Waals surface area contributed by atoms with Crippen LogP contribution in [0.15, 0.2) is 0 Å². The summed E-state index contributed by atoms with van der Waals surface area (Å²) in [6, 6.07) is 0. The van der Waals surface area contributed by atoms with Crippen LogP contribution < -0.4 is 0 Å². The number of carbonyl (C=O) groups excluding carboxylic acids is 1. The van der Waals surface area contributed by atoms with Crippen molar-refractivity contribution in [3.8, 4) is 0 Å². The van der Waals surface area contributed by atoms with Crippen LogP contribution in [0.3, 0.4) is 0 Å². The maximum Gasteiger partial charge on any atom is 0.140 e. The molecule has 0 N–H and O–H groups in total. The zero-order valence-electron chi connectivity index (χ0n) is 10.8. The van der Waals surface area contributed by atoms with Crippen molar-refractivity contribution in [1.82, 2.24) is 0 Å². The van der Waals surface area contributed by atoms with E-state index >= 15 is 0 Å². The lowest BCUT2D eigenvalue weighted by atomic mass is 9.95. The van der Waals surface area contributed by atoms with Gasteiger partial charge in [0.05, 0.1) is 12.7 Å². The fraction of sp³-hybridized carbons (Fsp3) is 0.929. The Morgan fingerprint density at radius 1 is 1.19 bits per heavy atom. The second kappa shape index (κ2) is 7.83. The molecule has 94 valence electrons. The highest BCUT2D eigenvalue weighted by molar-refractivity contribution is 5.81. The SMILES string of the molecule is CCCCCCCC[C@H]1CC(=O)[C@@H](C)CO1. The van der Waals surface area contributed by atoms with E-state index in [2.05, 4.69) is 6.92 Å². The largest absolute Gasteiger partial charge is 0.377 e. The number of rotatable bonds is 7. The molecule has 0 aromatic heterocycles. The van der Waals surface area contributed by atoms with Crippen molar-refractivity contribution >= 4 is 5.78 Å². The molecule has 0 aromatic carbocycles. The van der Waals surface area contributed by atoms with Crippen LogP contribution in [0.2, 0.25) is 0 Å². The molecule has 16 heavy (non-hydrogen) atoms. The maximum atomic E-state index is 11.5. The smallest absolute Gasteiger partial charge is 0.140 e. The van der Waals surface area contributed by atoms with Crippen molar-refractivity contribution in [1.29, 1.82) is 0 Å². The van der Waals surface area contributed by atoms with Gasteiger partial charge in [0.2, 0.25) is 0 Å². The van der Waals surface area contributed by atoms with Crippen LogP contribution in [0.4, 0.5) is 0 Å². The van der Waals surface area contributed by atoms with Crippen molar-refractivity contribution in [3.63, 3.8) is 0 Å².